The van der Waals surface area contributed by atoms with Crippen LogP contribution < -0.4 is 4.74 Å². The molecule has 1 aromatic carbocycles. The molecule has 0 radical (unpaired) electrons. The van der Waals surface area contributed by atoms with Gasteiger partial charge in [-0.05, 0) is 44.2 Å². The van der Waals surface area contributed by atoms with E-state index in [1.807, 2.05) is 6.07 Å². The fourth-order valence-corrected chi connectivity index (χ4v) is 3.69. The lowest BCUT2D eigenvalue weighted by Crippen LogP contribution is -2.43. The molecule has 1 aromatic rings. The summed E-state index contributed by atoms with van der Waals surface area (Å²) in [5.41, 5.74) is -0.532. The monoisotopic (exact) mass is 328 g/mol. The normalized spacial score (nSPS) is 28.4. The molecule has 0 aromatic heterocycles. The van der Waals surface area contributed by atoms with E-state index in [4.69, 9.17) is 11.3 Å². The van der Waals surface area contributed by atoms with E-state index >= 15 is 0 Å². The molecule has 2 bridgehead atoms. The first-order chi connectivity index (χ1) is 11.4. The Morgan fingerprint density at radius 3 is 2.50 bits per heavy atom. The van der Waals surface area contributed by atoms with Gasteiger partial charge in [0.25, 0.3) is 0 Å². The zero-order valence-corrected chi connectivity index (χ0v) is 13.7. The molecule has 5 heteroatoms. The zero-order valence-electron chi connectivity index (χ0n) is 13.7. The molecule has 0 aliphatic heterocycles. The number of rotatable bonds is 3. The molecule has 0 heterocycles. The van der Waals surface area contributed by atoms with Crippen molar-refractivity contribution in [3.8, 4) is 11.8 Å². The van der Waals surface area contributed by atoms with Crippen LogP contribution in [0, 0.1) is 35.7 Å². The van der Waals surface area contributed by atoms with E-state index in [1.165, 1.54) is 0 Å². The first-order valence-electron chi connectivity index (χ1n) is 7.97. The van der Waals surface area contributed by atoms with Gasteiger partial charge >= 0.3 is 0 Å². The maximum absolute atomic E-state index is 14.6. The van der Waals surface area contributed by atoms with Crippen LogP contribution in [0.15, 0.2) is 23.8 Å². The van der Waals surface area contributed by atoms with Crippen LogP contribution in [-0.2, 0) is 0 Å². The van der Waals surface area contributed by atoms with Gasteiger partial charge in [0.05, 0.1) is 18.1 Å². The van der Waals surface area contributed by atoms with Crippen LogP contribution in [0.25, 0.3) is 4.85 Å². The highest BCUT2D eigenvalue weighted by Crippen LogP contribution is 2.60. The van der Waals surface area contributed by atoms with Gasteiger partial charge in [-0.15, -0.1) is 0 Å². The van der Waals surface area contributed by atoms with E-state index in [0.717, 1.165) is 0 Å². The molecule has 4 rings (SSSR count). The number of halogens is 2. The van der Waals surface area contributed by atoms with Gasteiger partial charge in [-0.1, -0.05) is 13.0 Å². The SMILES string of the molecule is [C-]#[N+]c1c(C)ccc(OCC23CCC(C)(CC2)C(F)=C3F)c1C#N. The predicted octanol–water partition coefficient (Wildman–Crippen LogP) is 5.53. The maximum Gasteiger partial charge on any atom is 0.211 e. The van der Waals surface area contributed by atoms with Crippen LogP contribution in [0.2, 0.25) is 0 Å². The minimum absolute atomic E-state index is 0.0164. The number of allylic oxidation sites excluding steroid dienone is 1. The van der Waals surface area contributed by atoms with E-state index in [2.05, 4.69) is 4.85 Å². The smallest absolute Gasteiger partial charge is 0.211 e. The zero-order chi connectivity index (χ0) is 17.5. The quantitative estimate of drug-likeness (QED) is 0.684. The fourth-order valence-electron chi connectivity index (χ4n) is 3.69. The van der Waals surface area contributed by atoms with Gasteiger partial charge in [-0.25, -0.2) is 13.6 Å². The molecule has 1 saturated carbocycles. The van der Waals surface area contributed by atoms with Crippen molar-refractivity contribution in [1.82, 2.24) is 0 Å². The molecule has 0 N–H and O–H groups in total. The third kappa shape index (κ3) is 2.27. The van der Waals surface area contributed by atoms with Crippen LogP contribution in [-0.4, -0.2) is 6.61 Å². The van der Waals surface area contributed by atoms with Gasteiger partial charge in [0.15, 0.2) is 0 Å². The van der Waals surface area contributed by atoms with Crippen LogP contribution in [0.4, 0.5) is 14.5 Å². The lowest BCUT2D eigenvalue weighted by molar-refractivity contribution is 0.0207. The Balaban J connectivity index is 1.91. The summed E-state index contributed by atoms with van der Waals surface area (Å²) >= 11 is 0. The Labute approximate surface area is 140 Å². The van der Waals surface area contributed by atoms with E-state index < -0.39 is 22.5 Å². The molecule has 0 amide bonds. The largest absolute Gasteiger partial charge is 0.493 e. The summed E-state index contributed by atoms with van der Waals surface area (Å²) in [5, 5.41) is 9.33. The number of nitrogens with zero attached hydrogens (tertiary/aromatic N) is 2. The standard InChI is InChI=1S/C19H18F2N2O/c1-12-4-5-14(13(10-22)15(12)23-3)24-11-19-8-6-18(2,7-9-19)16(20)17(19)21/h4-5H,6-9,11H2,1-2H3. The van der Waals surface area contributed by atoms with Gasteiger partial charge in [-0.3, -0.25) is 0 Å². The molecule has 0 saturated heterocycles. The Hall–Kier alpha value is -2.40. The summed E-state index contributed by atoms with van der Waals surface area (Å²) < 4.78 is 34.6. The number of hydrogen-bond acceptors (Lipinski definition) is 2. The van der Waals surface area contributed by atoms with Crippen LogP contribution >= 0.6 is 0 Å². The summed E-state index contributed by atoms with van der Waals surface area (Å²) in [5.74, 6) is -1.08. The molecular weight excluding hydrogens is 310 g/mol. The Bertz CT molecular complexity index is 806. The van der Waals surface area contributed by atoms with Crippen molar-refractivity contribution in [1.29, 1.82) is 5.26 Å². The molecule has 0 spiro atoms. The molecule has 3 aliphatic carbocycles. The van der Waals surface area contributed by atoms with Gasteiger partial charge in [0.2, 0.25) is 5.69 Å². The van der Waals surface area contributed by atoms with Crippen molar-refractivity contribution in [3.05, 3.63) is 46.3 Å². The summed E-state index contributed by atoms with van der Waals surface area (Å²) in [7, 11) is 0. The third-order valence-electron chi connectivity index (χ3n) is 5.57. The molecule has 3 nitrogen and oxygen atoms in total. The predicted molar refractivity (Wildman–Crippen MR) is 85.9 cm³/mol. The average molecular weight is 328 g/mol. The van der Waals surface area contributed by atoms with Gasteiger partial charge in [0, 0.05) is 5.41 Å². The van der Waals surface area contributed by atoms with Crippen molar-refractivity contribution >= 4 is 5.69 Å². The van der Waals surface area contributed by atoms with E-state index in [9.17, 15) is 14.0 Å². The summed E-state index contributed by atoms with van der Waals surface area (Å²) in [6.45, 7) is 10.7. The van der Waals surface area contributed by atoms with E-state index in [-0.39, 0.29) is 23.6 Å². The van der Waals surface area contributed by atoms with Crippen molar-refractivity contribution in [2.75, 3.05) is 6.61 Å². The third-order valence-corrected chi connectivity index (χ3v) is 5.57. The lowest BCUT2D eigenvalue weighted by atomic mass is 9.58. The van der Waals surface area contributed by atoms with Crippen molar-refractivity contribution in [3.63, 3.8) is 0 Å². The first-order valence-corrected chi connectivity index (χ1v) is 7.97. The highest BCUT2D eigenvalue weighted by molar-refractivity contribution is 5.68. The minimum Gasteiger partial charge on any atom is -0.493 e. The number of ether oxygens (including phenoxy) is 1. The molecule has 124 valence electrons. The Kier molecular flexibility index (Phi) is 3.84. The van der Waals surface area contributed by atoms with Gasteiger partial charge in [0.1, 0.15) is 29.6 Å². The topological polar surface area (TPSA) is 37.4 Å². The fraction of sp³-hybridized carbons (Fsp3) is 0.474. The Morgan fingerprint density at radius 1 is 1.25 bits per heavy atom. The van der Waals surface area contributed by atoms with Crippen LogP contribution in [0.5, 0.6) is 5.75 Å². The second-order valence-corrected chi connectivity index (χ2v) is 7.09. The van der Waals surface area contributed by atoms with Crippen molar-refractivity contribution in [2.45, 2.75) is 39.5 Å². The number of benzene rings is 1. The number of hydrogen-bond donors (Lipinski definition) is 0. The Morgan fingerprint density at radius 2 is 1.92 bits per heavy atom. The summed E-state index contributed by atoms with van der Waals surface area (Å²) in [6.07, 6.45) is 2.27. The van der Waals surface area contributed by atoms with Gasteiger partial charge in [-0.2, -0.15) is 5.26 Å². The molecule has 0 unspecified atom stereocenters. The summed E-state index contributed by atoms with van der Waals surface area (Å²) in [6, 6.07) is 5.31. The first kappa shape index (κ1) is 16.5. The highest BCUT2D eigenvalue weighted by Gasteiger charge is 2.54. The van der Waals surface area contributed by atoms with Gasteiger partial charge < -0.3 is 4.74 Å². The maximum atomic E-state index is 14.6. The van der Waals surface area contributed by atoms with E-state index in [1.54, 1.807) is 26.0 Å². The molecule has 0 atom stereocenters. The van der Waals surface area contributed by atoms with Crippen molar-refractivity contribution < 1.29 is 13.5 Å². The number of fused-ring (bicyclic) bond motifs is 2. The minimum atomic E-state index is -0.947. The lowest BCUT2D eigenvalue weighted by Gasteiger charge is -2.48. The number of aryl methyl sites for hydroxylation is 1. The summed E-state index contributed by atoms with van der Waals surface area (Å²) in [4.78, 5) is 3.38. The number of nitriles is 1. The molecule has 1 fully saturated rings. The van der Waals surface area contributed by atoms with Crippen LogP contribution in [0.1, 0.15) is 43.7 Å². The second kappa shape index (κ2) is 5.60. The average Bonchev–Trinajstić information content (AvgIpc) is 2.59. The molecule has 3 aliphatic rings. The second-order valence-electron chi connectivity index (χ2n) is 7.09. The highest BCUT2D eigenvalue weighted by atomic mass is 19.2. The van der Waals surface area contributed by atoms with Crippen molar-refractivity contribution in [2.24, 2.45) is 10.8 Å². The molecule has 24 heavy (non-hydrogen) atoms. The van der Waals surface area contributed by atoms with Crippen LogP contribution in [0.3, 0.4) is 0 Å². The van der Waals surface area contributed by atoms with E-state index in [0.29, 0.717) is 31.2 Å². The molecular formula is C19H18F2N2O.